The molecule has 3 amide bonds. The summed E-state index contributed by atoms with van der Waals surface area (Å²) in [5, 5.41) is 27.9. The molecule has 2 aromatic rings. The van der Waals surface area contributed by atoms with E-state index in [2.05, 4.69) is 21.2 Å². The smallest absolute Gasteiger partial charge is 0.408 e. The molecule has 2 atom stereocenters. The predicted octanol–water partition coefficient (Wildman–Crippen LogP) is 1.38. The number of phenolic OH excluding ortho intramolecular Hbond substituents is 1. The van der Waals surface area contributed by atoms with Gasteiger partial charge >= 0.3 is 12.1 Å². The number of esters is 1. The van der Waals surface area contributed by atoms with Gasteiger partial charge in [-0.3, -0.25) is 14.4 Å². The molecule has 0 heterocycles. The number of aliphatic hydroxyl groups excluding tert-OH is 1. The molecule has 2 aromatic carbocycles. The second-order valence-corrected chi connectivity index (χ2v) is 9.21. The molecule has 0 aliphatic rings. The van der Waals surface area contributed by atoms with Gasteiger partial charge in [-0.25, -0.2) is 10.2 Å². The molecule has 5 N–H and O–H groups in total. The van der Waals surface area contributed by atoms with E-state index in [1.54, 1.807) is 57.2 Å². The molecule has 0 aliphatic heterocycles. The van der Waals surface area contributed by atoms with Gasteiger partial charge in [0.25, 0.3) is 5.91 Å². The van der Waals surface area contributed by atoms with Crippen molar-refractivity contribution in [2.75, 3.05) is 6.61 Å². The van der Waals surface area contributed by atoms with E-state index in [-0.39, 0.29) is 12.2 Å². The van der Waals surface area contributed by atoms with E-state index < -0.39 is 48.2 Å². The number of benzene rings is 2. The number of hydrogen-bond acceptors (Lipinski definition) is 9. The minimum absolute atomic E-state index is 0.0229. The molecule has 0 spiro atoms. The molecule has 0 fully saturated rings. The van der Waals surface area contributed by atoms with Crippen LogP contribution in [0.25, 0.3) is 0 Å². The Morgan fingerprint density at radius 2 is 1.58 bits per heavy atom. The summed E-state index contributed by atoms with van der Waals surface area (Å²) in [6.07, 6.45) is 0.473. The first-order valence-electron chi connectivity index (χ1n) is 11.7. The number of nitrogens with zero attached hydrogens (tertiary/aromatic N) is 1. The van der Waals surface area contributed by atoms with Gasteiger partial charge in [-0.15, -0.1) is 0 Å². The second-order valence-electron chi connectivity index (χ2n) is 9.21. The van der Waals surface area contributed by atoms with Crippen molar-refractivity contribution in [2.45, 2.75) is 51.8 Å². The Labute approximate surface area is 220 Å². The number of ether oxygens (including phenoxy) is 2. The standard InChI is InChI=1S/C26H32N4O8/c1-16(32)37-20-11-7-18(8-12-20)14-27-30-24(35)21(13-17-5-9-19(33)10-6-17)28-23(34)22(15-31)29-25(36)38-26(2,3)4/h5-12,14,21-22,31,33H,13,15H2,1-4H3,(H,28,34)(H,29,36)(H,30,35)/b27-14-/t21-,22-/m0/s1. The zero-order valence-electron chi connectivity index (χ0n) is 21.6. The van der Waals surface area contributed by atoms with Crippen LogP contribution in [0.1, 0.15) is 38.8 Å². The maximum absolute atomic E-state index is 12.9. The number of alkyl carbamates (subject to hydrolysis) is 1. The lowest BCUT2D eigenvalue weighted by atomic mass is 10.0. The molecule has 0 aromatic heterocycles. The zero-order chi connectivity index (χ0) is 28.3. The van der Waals surface area contributed by atoms with Gasteiger partial charge in [0.1, 0.15) is 29.2 Å². The number of carbonyl (C=O) groups is 4. The number of aromatic hydroxyl groups is 1. The number of carbonyl (C=O) groups excluding carboxylic acids is 4. The van der Waals surface area contributed by atoms with Gasteiger partial charge in [0, 0.05) is 13.3 Å². The van der Waals surface area contributed by atoms with Crippen LogP contribution in [0.4, 0.5) is 4.79 Å². The lowest BCUT2D eigenvalue weighted by Crippen LogP contribution is -2.55. The van der Waals surface area contributed by atoms with E-state index in [0.717, 1.165) is 0 Å². The highest BCUT2D eigenvalue weighted by molar-refractivity contribution is 5.92. The Morgan fingerprint density at radius 3 is 2.13 bits per heavy atom. The molecule has 0 saturated heterocycles. The molecule has 0 aliphatic carbocycles. The third-order valence-corrected chi connectivity index (χ3v) is 4.73. The molecule has 0 radical (unpaired) electrons. The van der Waals surface area contributed by atoms with Crippen molar-refractivity contribution in [3.8, 4) is 11.5 Å². The van der Waals surface area contributed by atoms with Crippen LogP contribution < -0.4 is 20.8 Å². The van der Waals surface area contributed by atoms with Gasteiger partial charge < -0.3 is 30.3 Å². The summed E-state index contributed by atoms with van der Waals surface area (Å²) in [7, 11) is 0. The first kappa shape index (κ1) is 29.8. The van der Waals surface area contributed by atoms with Crippen molar-refractivity contribution in [3.63, 3.8) is 0 Å². The maximum atomic E-state index is 12.9. The second kappa shape index (κ2) is 13.7. The van der Waals surface area contributed by atoms with E-state index in [0.29, 0.717) is 16.9 Å². The summed E-state index contributed by atoms with van der Waals surface area (Å²) < 4.78 is 10.1. The van der Waals surface area contributed by atoms with Crippen LogP contribution >= 0.6 is 0 Å². The molecule has 38 heavy (non-hydrogen) atoms. The van der Waals surface area contributed by atoms with Crippen LogP contribution in [-0.2, 0) is 25.5 Å². The number of rotatable bonds is 10. The lowest BCUT2D eigenvalue weighted by molar-refractivity contribution is -0.132. The summed E-state index contributed by atoms with van der Waals surface area (Å²) in [5.41, 5.74) is 2.75. The van der Waals surface area contributed by atoms with Crippen LogP contribution in [0.3, 0.4) is 0 Å². The quantitative estimate of drug-likeness (QED) is 0.133. The van der Waals surface area contributed by atoms with Crippen LogP contribution in [0.2, 0.25) is 0 Å². The van der Waals surface area contributed by atoms with Crippen molar-refractivity contribution < 1.29 is 38.9 Å². The Morgan fingerprint density at radius 1 is 0.947 bits per heavy atom. The highest BCUT2D eigenvalue weighted by Crippen LogP contribution is 2.13. The molecule has 204 valence electrons. The van der Waals surface area contributed by atoms with Gasteiger partial charge in [-0.2, -0.15) is 5.10 Å². The van der Waals surface area contributed by atoms with E-state index >= 15 is 0 Å². The maximum Gasteiger partial charge on any atom is 0.408 e. The van der Waals surface area contributed by atoms with Crippen LogP contribution in [0, 0.1) is 0 Å². The summed E-state index contributed by atoms with van der Waals surface area (Å²) in [4.78, 5) is 48.8. The van der Waals surface area contributed by atoms with Crippen LogP contribution in [0.5, 0.6) is 11.5 Å². The number of aliphatic hydroxyl groups is 1. The number of hydrazone groups is 1. The van der Waals surface area contributed by atoms with Gasteiger partial charge in [-0.05, 0) is 68.3 Å². The minimum atomic E-state index is -1.38. The third-order valence-electron chi connectivity index (χ3n) is 4.73. The Hall–Kier alpha value is -4.45. The summed E-state index contributed by atoms with van der Waals surface area (Å²) in [6, 6.07) is 9.88. The van der Waals surface area contributed by atoms with Gasteiger partial charge in [-0.1, -0.05) is 12.1 Å². The first-order valence-corrected chi connectivity index (χ1v) is 11.7. The van der Waals surface area contributed by atoms with Crippen molar-refractivity contribution >= 4 is 30.1 Å². The average molecular weight is 529 g/mol. The molecule has 12 nitrogen and oxygen atoms in total. The molecule has 0 bridgehead atoms. The van der Waals surface area contributed by atoms with Crippen molar-refractivity contribution in [1.29, 1.82) is 0 Å². The topological polar surface area (TPSA) is 176 Å². The fourth-order valence-corrected chi connectivity index (χ4v) is 3.03. The Balaban J connectivity index is 2.11. The molecule has 2 rings (SSSR count). The van der Waals surface area contributed by atoms with Gasteiger partial charge in [0.2, 0.25) is 5.91 Å². The molecule has 0 unspecified atom stereocenters. The SMILES string of the molecule is CC(=O)Oc1ccc(/C=N\NC(=O)[C@H](Cc2ccc(O)cc2)NC(=O)[C@H](CO)NC(=O)OC(C)(C)C)cc1. The monoisotopic (exact) mass is 528 g/mol. The molecule has 0 saturated carbocycles. The van der Waals surface area contributed by atoms with Crippen LogP contribution in [-0.4, -0.2) is 64.6 Å². The highest BCUT2D eigenvalue weighted by atomic mass is 16.6. The minimum Gasteiger partial charge on any atom is -0.508 e. The largest absolute Gasteiger partial charge is 0.508 e. The molecule has 12 heteroatoms. The zero-order valence-corrected chi connectivity index (χ0v) is 21.6. The van der Waals surface area contributed by atoms with Gasteiger partial charge in [0.05, 0.1) is 12.8 Å². The number of hydrogen-bond donors (Lipinski definition) is 5. The van der Waals surface area contributed by atoms with E-state index in [4.69, 9.17) is 9.47 Å². The summed E-state index contributed by atoms with van der Waals surface area (Å²) in [5.74, 6) is -1.56. The van der Waals surface area contributed by atoms with Crippen molar-refractivity contribution in [1.82, 2.24) is 16.1 Å². The fraction of sp³-hybridized carbons (Fsp3) is 0.346. The van der Waals surface area contributed by atoms with Crippen LogP contribution in [0.15, 0.2) is 53.6 Å². The van der Waals surface area contributed by atoms with E-state index in [1.807, 2.05) is 0 Å². The third kappa shape index (κ3) is 10.7. The van der Waals surface area contributed by atoms with E-state index in [1.165, 1.54) is 25.3 Å². The average Bonchev–Trinajstić information content (AvgIpc) is 2.83. The Bertz CT molecular complexity index is 1140. The fourth-order valence-electron chi connectivity index (χ4n) is 3.03. The number of nitrogens with one attached hydrogen (secondary N) is 3. The van der Waals surface area contributed by atoms with Crippen molar-refractivity contribution in [3.05, 3.63) is 59.7 Å². The molecular formula is C26H32N4O8. The predicted molar refractivity (Wildman–Crippen MR) is 137 cm³/mol. The summed E-state index contributed by atoms with van der Waals surface area (Å²) in [6.45, 7) is 5.49. The first-order chi connectivity index (χ1) is 17.9. The highest BCUT2D eigenvalue weighted by Gasteiger charge is 2.28. The lowest BCUT2D eigenvalue weighted by Gasteiger charge is -2.24. The normalized spacial score (nSPS) is 12.8. The van der Waals surface area contributed by atoms with Crippen molar-refractivity contribution in [2.24, 2.45) is 5.10 Å². The Kier molecular flexibility index (Phi) is 10.8. The number of amides is 3. The number of phenols is 1. The summed E-state index contributed by atoms with van der Waals surface area (Å²) >= 11 is 0. The van der Waals surface area contributed by atoms with Gasteiger partial charge in [0.15, 0.2) is 0 Å². The van der Waals surface area contributed by atoms with E-state index in [9.17, 15) is 29.4 Å². The molecular weight excluding hydrogens is 496 g/mol.